The smallest absolute Gasteiger partial charge is 0.219 e. The first-order valence-corrected chi connectivity index (χ1v) is 5.03. The van der Waals surface area contributed by atoms with Gasteiger partial charge in [0.15, 0.2) is 0 Å². The highest BCUT2D eigenvalue weighted by atomic mass is 79.9. The Bertz CT molecular complexity index is 330. The molecule has 1 atom stereocenters. The largest absolute Gasteiger partial charge is 0.370 e. The highest BCUT2D eigenvalue weighted by Crippen LogP contribution is 2.13. The number of aromatic nitrogens is 1. The number of carbonyl (C=O) groups is 1. The number of carbonyl (C=O) groups excluding carboxylic acids is 1. The summed E-state index contributed by atoms with van der Waals surface area (Å²) in [4.78, 5) is 14.7. The summed E-state index contributed by atoms with van der Waals surface area (Å²) in [5, 5.41) is 3.07. The van der Waals surface area contributed by atoms with Crippen LogP contribution in [0.15, 0.2) is 22.8 Å². The molecule has 1 heterocycles. The monoisotopic (exact) mass is 257 g/mol. The Morgan fingerprint density at radius 2 is 2.50 bits per heavy atom. The molecule has 0 fully saturated rings. The maximum Gasteiger partial charge on any atom is 0.219 e. The number of rotatable bonds is 4. The van der Waals surface area contributed by atoms with E-state index in [2.05, 4.69) is 26.2 Å². The quantitative estimate of drug-likeness (QED) is 0.860. The van der Waals surface area contributed by atoms with E-state index in [4.69, 9.17) is 5.73 Å². The molecule has 0 bridgehead atoms. The molecule has 0 aromatic carbocycles. The number of hydrogen-bond donors (Lipinski definition) is 2. The molecule has 0 aliphatic rings. The molecule has 4 nitrogen and oxygen atoms in total. The fourth-order valence-corrected chi connectivity index (χ4v) is 1.42. The third kappa shape index (κ3) is 3.74. The van der Waals surface area contributed by atoms with Crippen molar-refractivity contribution in [2.45, 2.75) is 19.4 Å². The van der Waals surface area contributed by atoms with Gasteiger partial charge in [0, 0.05) is 23.1 Å². The van der Waals surface area contributed by atoms with Gasteiger partial charge in [-0.1, -0.05) is 15.9 Å². The van der Waals surface area contributed by atoms with Gasteiger partial charge in [-0.2, -0.15) is 0 Å². The second-order valence-corrected chi connectivity index (χ2v) is 3.99. The van der Waals surface area contributed by atoms with Gasteiger partial charge < -0.3 is 11.1 Å². The minimum absolute atomic E-state index is 0.00528. The molecule has 14 heavy (non-hydrogen) atoms. The molecule has 1 aromatic rings. The van der Waals surface area contributed by atoms with Gasteiger partial charge in [0.1, 0.15) is 5.82 Å². The minimum Gasteiger partial charge on any atom is -0.370 e. The Labute approximate surface area is 91.0 Å². The first kappa shape index (κ1) is 11.0. The summed E-state index contributed by atoms with van der Waals surface area (Å²) in [5.41, 5.74) is 5.07. The Morgan fingerprint density at radius 3 is 3.07 bits per heavy atom. The molecule has 1 aromatic heterocycles. The average Bonchev–Trinajstić information content (AvgIpc) is 2.01. The SMILES string of the molecule is CC(CC(N)=O)Nc1cc(Br)ccn1. The van der Waals surface area contributed by atoms with E-state index in [-0.39, 0.29) is 11.9 Å². The first-order chi connectivity index (χ1) is 6.58. The zero-order valence-corrected chi connectivity index (χ0v) is 9.41. The van der Waals surface area contributed by atoms with Crippen LogP contribution in [0, 0.1) is 0 Å². The summed E-state index contributed by atoms with van der Waals surface area (Å²) < 4.78 is 0.946. The molecule has 3 N–H and O–H groups in total. The lowest BCUT2D eigenvalue weighted by Crippen LogP contribution is -2.24. The minimum atomic E-state index is -0.319. The second-order valence-electron chi connectivity index (χ2n) is 3.08. The summed E-state index contributed by atoms with van der Waals surface area (Å²) >= 11 is 3.33. The van der Waals surface area contributed by atoms with Crippen LogP contribution in [0.5, 0.6) is 0 Å². The van der Waals surface area contributed by atoms with Gasteiger partial charge in [0.2, 0.25) is 5.91 Å². The lowest BCUT2D eigenvalue weighted by atomic mass is 10.2. The molecule has 0 spiro atoms. The van der Waals surface area contributed by atoms with E-state index >= 15 is 0 Å². The Hall–Kier alpha value is -1.10. The predicted octanol–water partition coefficient (Wildman–Crippen LogP) is 1.52. The molecule has 1 rings (SSSR count). The van der Waals surface area contributed by atoms with E-state index < -0.39 is 0 Å². The van der Waals surface area contributed by atoms with Gasteiger partial charge in [0.25, 0.3) is 0 Å². The maximum absolute atomic E-state index is 10.6. The second kappa shape index (κ2) is 4.95. The van der Waals surface area contributed by atoms with Crippen LogP contribution in [0.1, 0.15) is 13.3 Å². The highest BCUT2D eigenvalue weighted by Gasteiger charge is 2.06. The summed E-state index contributed by atoms with van der Waals surface area (Å²) in [5.74, 6) is 0.410. The molecule has 1 amide bonds. The van der Waals surface area contributed by atoms with Crippen molar-refractivity contribution in [1.29, 1.82) is 0 Å². The number of anilines is 1. The molecule has 1 unspecified atom stereocenters. The van der Waals surface area contributed by atoms with Crippen LogP contribution in [0.25, 0.3) is 0 Å². The number of pyridine rings is 1. The lowest BCUT2D eigenvalue weighted by molar-refractivity contribution is -0.118. The van der Waals surface area contributed by atoms with Crippen molar-refractivity contribution in [3.05, 3.63) is 22.8 Å². The number of hydrogen-bond acceptors (Lipinski definition) is 3. The third-order valence-corrected chi connectivity index (χ3v) is 2.12. The number of nitrogens with two attached hydrogens (primary N) is 1. The summed E-state index contributed by atoms with van der Waals surface area (Å²) in [7, 11) is 0. The van der Waals surface area contributed by atoms with Gasteiger partial charge in [0.05, 0.1) is 0 Å². The standard InChI is InChI=1S/C9H12BrN3O/c1-6(4-8(11)14)13-9-5-7(10)2-3-12-9/h2-3,5-6H,4H2,1H3,(H2,11,14)(H,12,13). The third-order valence-electron chi connectivity index (χ3n) is 1.62. The van der Waals surface area contributed by atoms with Gasteiger partial charge >= 0.3 is 0 Å². The predicted molar refractivity (Wildman–Crippen MR) is 58.8 cm³/mol. The van der Waals surface area contributed by atoms with Crippen molar-refractivity contribution in [3.63, 3.8) is 0 Å². The van der Waals surface area contributed by atoms with Crippen molar-refractivity contribution in [2.24, 2.45) is 5.73 Å². The zero-order valence-electron chi connectivity index (χ0n) is 7.83. The molecular weight excluding hydrogens is 246 g/mol. The van der Waals surface area contributed by atoms with Crippen molar-refractivity contribution in [2.75, 3.05) is 5.32 Å². The molecule has 5 heteroatoms. The van der Waals surface area contributed by atoms with E-state index in [1.807, 2.05) is 19.1 Å². The summed E-state index contributed by atoms with van der Waals surface area (Å²) in [6.07, 6.45) is 1.98. The Balaban J connectivity index is 2.55. The topological polar surface area (TPSA) is 68.0 Å². The van der Waals surface area contributed by atoms with Gasteiger partial charge in [-0.05, 0) is 19.1 Å². The van der Waals surface area contributed by atoms with E-state index in [1.165, 1.54) is 0 Å². The number of nitrogens with one attached hydrogen (secondary N) is 1. The van der Waals surface area contributed by atoms with Crippen LogP contribution in [-0.2, 0) is 4.79 Å². The maximum atomic E-state index is 10.6. The summed E-state index contributed by atoms with van der Waals surface area (Å²) in [6.45, 7) is 1.88. The van der Waals surface area contributed by atoms with Crippen LogP contribution in [0.3, 0.4) is 0 Å². The van der Waals surface area contributed by atoms with Crippen LogP contribution in [0.2, 0.25) is 0 Å². The Morgan fingerprint density at radius 1 is 1.79 bits per heavy atom. The normalized spacial score (nSPS) is 12.1. The zero-order chi connectivity index (χ0) is 10.6. The van der Waals surface area contributed by atoms with E-state index in [1.54, 1.807) is 6.20 Å². The molecule has 76 valence electrons. The van der Waals surface area contributed by atoms with Gasteiger partial charge in [-0.15, -0.1) is 0 Å². The average molecular weight is 258 g/mol. The fraction of sp³-hybridized carbons (Fsp3) is 0.333. The van der Waals surface area contributed by atoms with Crippen LogP contribution in [0.4, 0.5) is 5.82 Å². The van der Waals surface area contributed by atoms with E-state index in [9.17, 15) is 4.79 Å². The van der Waals surface area contributed by atoms with Crippen molar-refractivity contribution in [1.82, 2.24) is 4.98 Å². The van der Waals surface area contributed by atoms with Crippen LogP contribution >= 0.6 is 15.9 Å². The molecule has 0 aliphatic heterocycles. The highest BCUT2D eigenvalue weighted by molar-refractivity contribution is 9.10. The van der Waals surface area contributed by atoms with Crippen LogP contribution in [-0.4, -0.2) is 16.9 Å². The van der Waals surface area contributed by atoms with Crippen LogP contribution < -0.4 is 11.1 Å². The molecule has 0 saturated carbocycles. The van der Waals surface area contributed by atoms with Crippen molar-refractivity contribution in [3.8, 4) is 0 Å². The number of nitrogens with zero attached hydrogens (tertiary/aromatic N) is 1. The molecular formula is C9H12BrN3O. The summed E-state index contributed by atoms with van der Waals surface area (Å²) in [6, 6.07) is 3.68. The number of amides is 1. The molecule has 0 radical (unpaired) electrons. The number of halogens is 1. The van der Waals surface area contributed by atoms with E-state index in [0.29, 0.717) is 6.42 Å². The van der Waals surface area contributed by atoms with E-state index in [0.717, 1.165) is 10.3 Å². The lowest BCUT2D eigenvalue weighted by Gasteiger charge is -2.12. The molecule has 0 aliphatic carbocycles. The fourth-order valence-electron chi connectivity index (χ4n) is 1.09. The van der Waals surface area contributed by atoms with Crippen molar-refractivity contribution >= 4 is 27.7 Å². The number of primary amides is 1. The molecule has 0 saturated heterocycles. The van der Waals surface area contributed by atoms with Crippen molar-refractivity contribution < 1.29 is 4.79 Å². The van der Waals surface area contributed by atoms with Gasteiger partial charge in [-0.25, -0.2) is 4.98 Å². The van der Waals surface area contributed by atoms with Gasteiger partial charge in [-0.3, -0.25) is 4.79 Å². The first-order valence-electron chi connectivity index (χ1n) is 4.24. The Kier molecular flexibility index (Phi) is 3.88.